The number of hydrogen-bond acceptors (Lipinski definition) is 6. The van der Waals surface area contributed by atoms with E-state index < -0.39 is 10.0 Å². The summed E-state index contributed by atoms with van der Waals surface area (Å²) in [5.41, 5.74) is 1.60. The predicted molar refractivity (Wildman–Crippen MR) is 106 cm³/mol. The van der Waals surface area contributed by atoms with Gasteiger partial charge in [-0.25, -0.2) is 26.6 Å². The van der Waals surface area contributed by atoms with Crippen molar-refractivity contribution in [3.8, 4) is 11.3 Å². The average molecular weight is 422 g/mol. The number of halogens is 1. The molecule has 0 amide bonds. The van der Waals surface area contributed by atoms with E-state index >= 15 is 0 Å². The first-order valence-corrected chi connectivity index (χ1v) is 11.7. The molecule has 0 bridgehead atoms. The van der Waals surface area contributed by atoms with Crippen molar-refractivity contribution in [2.45, 2.75) is 37.0 Å². The summed E-state index contributed by atoms with van der Waals surface area (Å²) in [6, 6.07) is 6.44. The van der Waals surface area contributed by atoms with E-state index in [9.17, 15) is 12.8 Å². The van der Waals surface area contributed by atoms with Crippen molar-refractivity contribution in [2.24, 2.45) is 0 Å². The topological polar surface area (TPSA) is 79.6 Å². The zero-order chi connectivity index (χ0) is 19.3. The quantitative estimate of drug-likeness (QED) is 0.685. The normalized spacial score (nSPS) is 19.3. The SMILES string of the molecule is O=S(=O)(C1CC1)N1CCC(Nc2nn3cc(-c4ccc(F)cc4)nc3s2)CC1. The number of fused-ring (bicyclic) bond motifs is 1. The summed E-state index contributed by atoms with van der Waals surface area (Å²) in [5.74, 6) is -0.273. The second kappa shape index (κ2) is 6.78. The van der Waals surface area contributed by atoms with E-state index in [1.54, 1.807) is 21.0 Å². The Kier molecular flexibility index (Phi) is 4.37. The minimum Gasteiger partial charge on any atom is -0.357 e. The van der Waals surface area contributed by atoms with Crippen LogP contribution in [0.5, 0.6) is 0 Å². The molecule has 1 aliphatic carbocycles. The first-order chi connectivity index (χ1) is 13.5. The van der Waals surface area contributed by atoms with Gasteiger partial charge in [0, 0.05) is 24.7 Å². The molecule has 1 aliphatic heterocycles. The highest BCUT2D eigenvalue weighted by molar-refractivity contribution is 7.90. The molecule has 3 heterocycles. The number of hydrogen-bond donors (Lipinski definition) is 1. The third-order valence-electron chi connectivity index (χ3n) is 5.27. The van der Waals surface area contributed by atoms with E-state index in [1.807, 2.05) is 6.20 Å². The number of aromatic nitrogens is 3. The van der Waals surface area contributed by atoms with Crippen LogP contribution in [-0.2, 0) is 10.0 Å². The van der Waals surface area contributed by atoms with Gasteiger partial charge in [0.2, 0.25) is 20.1 Å². The molecule has 3 aromatic rings. The third-order valence-corrected chi connectivity index (χ3v) is 8.52. The monoisotopic (exact) mass is 421 g/mol. The molecule has 1 saturated heterocycles. The fourth-order valence-electron chi connectivity index (χ4n) is 3.52. The van der Waals surface area contributed by atoms with Crippen molar-refractivity contribution < 1.29 is 12.8 Å². The Morgan fingerprint density at radius 2 is 1.82 bits per heavy atom. The Bertz CT molecular complexity index is 1070. The van der Waals surface area contributed by atoms with Gasteiger partial charge in [-0.15, -0.1) is 5.10 Å². The molecule has 5 rings (SSSR count). The number of anilines is 1. The van der Waals surface area contributed by atoms with Crippen molar-refractivity contribution in [1.29, 1.82) is 0 Å². The largest absolute Gasteiger partial charge is 0.357 e. The zero-order valence-electron chi connectivity index (χ0n) is 15.1. The first-order valence-electron chi connectivity index (χ1n) is 9.37. The maximum absolute atomic E-state index is 13.1. The lowest BCUT2D eigenvalue weighted by Crippen LogP contribution is -2.43. The molecule has 2 aliphatic rings. The van der Waals surface area contributed by atoms with Crippen LogP contribution < -0.4 is 5.32 Å². The second-order valence-corrected chi connectivity index (χ2v) is 10.5. The molecule has 0 spiro atoms. The molecule has 2 aromatic heterocycles. The molecule has 7 nitrogen and oxygen atoms in total. The lowest BCUT2D eigenvalue weighted by Gasteiger charge is -2.31. The number of piperidine rings is 1. The Hall–Kier alpha value is -2.04. The van der Waals surface area contributed by atoms with Gasteiger partial charge in [-0.05, 0) is 49.9 Å². The lowest BCUT2D eigenvalue weighted by molar-refractivity contribution is 0.329. The van der Waals surface area contributed by atoms with Gasteiger partial charge in [-0.2, -0.15) is 0 Å². The van der Waals surface area contributed by atoms with Gasteiger partial charge in [0.1, 0.15) is 5.82 Å². The van der Waals surface area contributed by atoms with E-state index in [1.165, 1.54) is 23.5 Å². The van der Waals surface area contributed by atoms with Crippen LogP contribution in [0.3, 0.4) is 0 Å². The van der Waals surface area contributed by atoms with E-state index in [0.29, 0.717) is 13.1 Å². The van der Waals surface area contributed by atoms with Gasteiger partial charge in [0.15, 0.2) is 0 Å². The molecular formula is C18H20FN5O2S2. The molecule has 10 heteroatoms. The summed E-state index contributed by atoms with van der Waals surface area (Å²) in [7, 11) is -3.08. The Morgan fingerprint density at radius 3 is 2.46 bits per heavy atom. The highest BCUT2D eigenvalue weighted by Crippen LogP contribution is 2.33. The number of nitrogens with one attached hydrogen (secondary N) is 1. The minimum absolute atomic E-state index is 0.140. The molecule has 1 aromatic carbocycles. The Labute approximate surface area is 166 Å². The highest BCUT2D eigenvalue weighted by Gasteiger charge is 2.41. The summed E-state index contributed by atoms with van der Waals surface area (Å²) in [6.45, 7) is 1.13. The maximum Gasteiger partial charge on any atom is 0.216 e. The lowest BCUT2D eigenvalue weighted by atomic mass is 10.1. The summed E-state index contributed by atoms with van der Waals surface area (Å²) in [6.07, 6.45) is 4.98. The predicted octanol–water partition coefficient (Wildman–Crippen LogP) is 2.97. The van der Waals surface area contributed by atoms with Crippen LogP contribution in [0.1, 0.15) is 25.7 Å². The van der Waals surface area contributed by atoms with Crippen molar-refractivity contribution in [3.05, 3.63) is 36.3 Å². The average Bonchev–Trinajstić information content (AvgIpc) is 3.38. The number of imidazole rings is 1. The van der Waals surface area contributed by atoms with E-state index in [2.05, 4.69) is 15.4 Å². The molecule has 1 N–H and O–H groups in total. The fourth-order valence-corrected chi connectivity index (χ4v) is 6.26. The zero-order valence-corrected chi connectivity index (χ0v) is 16.7. The second-order valence-electron chi connectivity index (χ2n) is 7.33. The molecule has 0 radical (unpaired) electrons. The van der Waals surface area contributed by atoms with Gasteiger partial charge < -0.3 is 5.32 Å². The number of benzene rings is 1. The molecule has 28 heavy (non-hydrogen) atoms. The van der Waals surface area contributed by atoms with Gasteiger partial charge in [-0.1, -0.05) is 11.3 Å². The van der Waals surface area contributed by atoms with Crippen molar-refractivity contribution in [1.82, 2.24) is 18.9 Å². The Balaban J connectivity index is 1.24. The molecule has 2 fully saturated rings. The van der Waals surface area contributed by atoms with Gasteiger partial charge in [0.05, 0.1) is 17.1 Å². The number of rotatable bonds is 5. The van der Waals surface area contributed by atoms with Crippen molar-refractivity contribution >= 4 is 31.5 Å². The van der Waals surface area contributed by atoms with Gasteiger partial charge in [-0.3, -0.25) is 0 Å². The van der Waals surface area contributed by atoms with Crippen molar-refractivity contribution in [2.75, 3.05) is 18.4 Å². The van der Waals surface area contributed by atoms with Crippen LogP contribution in [0, 0.1) is 5.82 Å². The van der Waals surface area contributed by atoms with Crippen molar-refractivity contribution in [3.63, 3.8) is 0 Å². The third kappa shape index (κ3) is 3.40. The molecule has 0 unspecified atom stereocenters. The smallest absolute Gasteiger partial charge is 0.216 e. The van der Waals surface area contributed by atoms with E-state index in [4.69, 9.17) is 0 Å². The van der Waals surface area contributed by atoms with Crippen LogP contribution in [0.2, 0.25) is 0 Å². The standard InChI is InChI=1S/C18H20FN5O2S2/c19-13-3-1-12(2-4-13)16-11-24-18(21-16)27-17(22-24)20-14-7-9-23(10-8-14)28(25,26)15-5-6-15/h1-4,11,14-15H,5-10H2,(H,20,22). The van der Waals surface area contributed by atoms with E-state index in [-0.39, 0.29) is 17.1 Å². The summed E-state index contributed by atoms with van der Waals surface area (Å²) >= 11 is 1.45. The fraction of sp³-hybridized carbons (Fsp3) is 0.444. The van der Waals surface area contributed by atoms with E-state index in [0.717, 1.165) is 47.0 Å². The van der Waals surface area contributed by atoms with Crippen LogP contribution in [0.15, 0.2) is 30.5 Å². The van der Waals surface area contributed by atoms with Gasteiger partial charge >= 0.3 is 0 Å². The minimum atomic E-state index is -3.08. The molecule has 148 valence electrons. The van der Waals surface area contributed by atoms with Crippen LogP contribution >= 0.6 is 11.3 Å². The summed E-state index contributed by atoms with van der Waals surface area (Å²) in [4.78, 5) is 5.33. The van der Waals surface area contributed by atoms with Gasteiger partial charge in [0.25, 0.3) is 0 Å². The highest BCUT2D eigenvalue weighted by atomic mass is 32.2. The van der Waals surface area contributed by atoms with Crippen LogP contribution in [-0.4, -0.2) is 51.7 Å². The van der Waals surface area contributed by atoms with Crippen LogP contribution in [0.25, 0.3) is 16.2 Å². The maximum atomic E-state index is 13.1. The van der Waals surface area contributed by atoms with Crippen LogP contribution in [0.4, 0.5) is 9.52 Å². The summed E-state index contributed by atoms with van der Waals surface area (Å²) < 4.78 is 41.1. The number of sulfonamides is 1. The molecule has 0 atom stereocenters. The molecule has 1 saturated carbocycles. The number of nitrogens with zero attached hydrogens (tertiary/aromatic N) is 4. The summed E-state index contributed by atoms with van der Waals surface area (Å²) in [5, 5.41) is 8.58. The molecular weight excluding hydrogens is 401 g/mol. The first kappa shape index (κ1) is 18.0. The Morgan fingerprint density at radius 1 is 1.11 bits per heavy atom.